The normalized spacial score (nSPS) is 11.2. The smallest absolute Gasteiger partial charge is 0.253 e. The van der Waals surface area contributed by atoms with Crippen LogP contribution < -0.4 is 10.6 Å². The molecule has 0 spiro atoms. The predicted molar refractivity (Wildman–Crippen MR) is 75.3 cm³/mol. The molecule has 0 saturated carbocycles. The van der Waals surface area contributed by atoms with E-state index in [-0.39, 0.29) is 19.1 Å². The van der Waals surface area contributed by atoms with Gasteiger partial charge in [0.1, 0.15) is 0 Å². The van der Waals surface area contributed by atoms with Crippen molar-refractivity contribution in [1.82, 2.24) is 5.32 Å². The Labute approximate surface area is 113 Å². The van der Waals surface area contributed by atoms with Crippen LogP contribution in [0.4, 0.5) is 5.69 Å². The number of aliphatic hydroxyl groups excluding tert-OH is 2. The number of carbonyl (C=O) groups excluding carboxylic acids is 1. The molecule has 5 heteroatoms. The lowest BCUT2D eigenvalue weighted by atomic mass is 9.97. The van der Waals surface area contributed by atoms with E-state index in [0.717, 1.165) is 5.69 Å². The number of carbonyl (C=O) groups is 1. The Bertz CT molecular complexity index is 409. The lowest BCUT2D eigenvalue weighted by molar-refractivity contribution is 0.0653. The van der Waals surface area contributed by atoms with Crippen molar-refractivity contribution in [3.63, 3.8) is 0 Å². The van der Waals surface area contributed by atoms with E-state index in [0.29, 0.717) is 18.5 Å². The van der Waals surface area contributed by atoms with Gasteiger partial charge in [-0.15, -0.1) is 0 Å². The third kappa shape index (κ3) is 3.68. The number of benzene rings is 1. The number of nitrogens with one attached hydrogen (secondary N) is 2. The highest BCUT2D eigenvalue weighted by atomic mass is 16.3. The minimum Gasteiger partial charge on any atom is -0.394 e. The van der Waals surface area contributed by atoms with Crippen molar-refractivity contribution in [1.29, 1.82) is 0 Å². The average molecular weight is 266 g/mol. The summed E-state index contributed by atoms with van der Waals surface area (Å²) in [6.07, 6.45) is 0.453. The largest absolute Gasteiger partial charge is 0.394 e. The first-order valence-electron chi connectivity index (χ1n) is 6.49. The van der Waals surface area contributed by atoms with E-state index in [1.807, 2.05) is 26.0 Å². The van der Waals surface area contributed by atoms with Crippen LogP contribution in [0, 0.1) is 0 Å². The summed E-state index contributed by atoms with van der Waals surface area (Å²) < 4.78 is 0. The summed E-state index contributed by atoms with van der Waals surface area (Å²) in [7, 11) is 0. The molecule has 19 heavy (non-hydrogen) atoms. The van der Waals surface area contributed by atoms with E-state index in [2.05, 4.69) is 10.6 Å². The summed E-state index contributed by atoms with van der Waals surface area (Å²) in [5.74, 6) is -0.304. The fourth-order valence-corrected chi connectivity index (χ4v) is 1.77. The monoisotopic (exact) mass is 266 g/mol. The number of hydrogen-bond donors (Lipinski definition) is 4. The Morgan fingerprint density at radius 1 is 1.21 bits per heavy atom. The Kier molecular flexibility index (Phi) is 5.79. The minimum atomic E-state index is -0.976. The maximum Gasteiger partial charge on any atom is 0.253 e. The summed E-state index contributed by atoms with van der Waals surface area (Å²) in [5, 5.41) is 24.5. The van der Waals surface area contributed by atoms with Crippen molar-refractivity contribution in [2.24, 2.45) is 0 Å². The molecule has 1 aromatic carbocycles. The van der Waals surface area contributed by atoms with Gasteiger partial charge >= 0.3 is 0 Å². The molecule has 0 aromatic heterocycles. The van der Waals surface area contributed by atoms with Crippen LogP contribution in [0.25, 0.3) is 0 Å². The molecule has 5 nitrogen and oxygen atoms in total. The Morgan fingerprint density at radius 2 is 1.84 bits per heavy atom. The summed E-state index contributed by atoms with van der Waals surface area (Å²) in [6.45, 7) is 3.88. The van der Waals surface area contributed by atoms with Gasteiger partial charge < -0.3 is 20.8 Å². The van der Waals surface area contributed by atoms with E-state index in [1.165, 1.54) is 0 Å². The summed E-state index contributed by atoms with van der Waals surface area (Å²) in [6, 6.07) is 7.16. The van der Waals surface area contributed by atoms with Crippen molar-refractivity contribution in [3.8, 4) is 0 Å². The lowest BCUT2D eigenvalue weighted by Gasteiger charge is -2.30. The van der Waals surface area contributed by atoms with Crippen LogP contribution in [-0.4, -0.2) is 41.4 Å². The number of rotatable bonds is 7. The van der Waals surface area contributed by atoms with Gasteiger partial charge in [0.2, 0.25) is 0 Å². The van der Waals surface area contributed by atoms with Crippen LogP contribution in [0.3, 0.4) is 0 Å². The molecule has 0 fully saturated rings. The van der Waals surface area contributed by atoms with E-state index >= 15 is 0 Å². The summed E-state index contributed by atoms with van der Waals surface area (Å²) in [5.41, 5.74) is 0.267. The van der Waals surface area contributed by atoms with Crippen LogP contribution in [0.15, 0.2) is 24.3 Å². The van der Waals surface area contributed by atoms with E-state index < -0.39 is 5.54 Å². The Hall–Kier alpha value is -1.59. The molecule has 0 unspecified atom stereocenters. The van der Waals surface area contributed by atoms with Gasteiger partial charge in [-0.25, -0.2) is 0 Å². The molecule has 0 atom stereocenters. The van der Waals surface area contributed by atoms with Crippen LogP contribution in [0.1, 0.15) is 30.6 Å². The van der Waals surface area contributed by atoms with Crippen molar-refractivity contribution >= 4 is 11.6 Å². The molecule has 0 saturated heterocycles. The molecule has 0 radical (unpaired) electrons. The predicted octanol–water partition coefficient (Wildman–Crippen LogP) is 0.982. The van der Waals surface area contributed by atoms with Crippen molar-refractivity contribution in [3.05, 3.63) is 29.8 Å². The van der Waals surface area contributed by atoms with Gasteiger partial charge in [0.25, 0.3) is 5.91 Å². The van der Waals surface area contributed by atoms with Gasteiger partial charge in [0.05, 0.1) is 24.3 Å². The Balaban J connectivity index is 2.94. The van der Waals surface area contributed by atoms with Crippen LogP contribution in [0.2, 0.25) is 0 Å². The third-order valence-electron chi connectivity index (χ3n) is 3.20. The number of aliphatic hydroxyl groups is 2. The molecule has 106 valence electrons. The topological polar surface area (TPSA) is 81.6 Å². The first kappa shape index (κ1) is 15.5. The highest BCUT2D eigenvalue weighted by Crippen LogP contribution is 2.17. The molecule has 0 aliphatic rings. The Morgan fingerprint density at radius 3 is 2.37 bits per heavy atom. The maximum absolute atomic E-state index is 12.3. The molecule has 1 aromatic rings. The van der Waals surface area contributed by atoms with E-state index in [4.69, 9.17) is 0 Å². The second-order valence-electron chi connectivity index (χ2n) is 4.48. The van der Waals surface area contributed by atoms with Gasteiger partial charge in [0.15, 0.2) is 0 Å². The first-order chi connectivity index (χ1) is 9.12. The second-order valence-corrected chi connectivity index (χ2v) is 4.48. The van der Waals surface area contributed by atoms with Gasteiger partial charge in [-0.1, -0.05) is 19.1 Å². The average Bonchev–Trinajstić information content (AvgIpc) is 2.46. The maximum atomic E-state index is 12.3. The quantitative estimate of drug-likeness (QED) is 0.593. The standard InChI is InChI=1S/C14H22N2O3/c1-3-14(9-17,10-18)16-13(19)11-7-5-6-8-12(11)15-4-2/h5-8,15,17-18H,3-4,9-10H2,1-2H3,(H,16,19). The third-order valence-corrected chi connectivity index (χ3v) is 3.20. The fourth-order valence-electron chi connectivity index (χ4n) is 1.77. The molecule has 4 N–H and O–H groups in total. The van der Waals surface area contributed by atoms with Crippen molar-refractivity contribution in [2.45, 2.75) is 25.8 Å². The van der Waals surface area contributed by atoms with Crippen LogP contribution in [-0.2, 0) is 0 Å². The zero-order valence-electron chi connectivity index (χ0n) is 11.4. The van der Waals surface area contributed by atoms with Gasteiger partial charge in [-0.2, -0.15) is 0 Å². The van der Waals surface area contributed by atoms with Gasteiger partial charge in [-0.3, -0.25) is 4.79 Å². The molecule has 1 amide bonds. The number of hydrogen-bond acceptors (Lipinski definition) is 4. The zero-order chi connectivity index (χ0) is 14.3. The molecule has 0 aliphatic carbocycles. The molecular weight excluding hydrogens is 244 g/mol. The van der Waals surface area contributed by atoms with Crippen LogP contribution >= 0.6 is 0 Å². The fraction of sp³-hybridized carbons (Fsp3) is 0.500. The van der Waals surface area contributed by atoms with Gasteiger partial charge in [-0.05, 0) is 25.5 Å². The number of para-hydroxylation sites is 1. The SMILES string of the molecule is CCNc1ccccc1C(=O)NC(CC)(CO)CO. The second kappa shape index (κ2) is 7.11. The van der Waals surface area contributed by atoms with Crippen molar-refractivity contribution in [2.75, 3.05) is 25.1 Å². The zero-order valence-corrected chi connectivity index (χ0v) is 11.4. The molecular formula is C14H22N2O3. The highest BCUT2D eigenvalue weighted by Gasteiger charge is 2.29. The van der Waals surface area contributed by atoms with Crippen molar-refractivity contribution < 1.29 is 15.0 Å². The molecule has 0 heterocycles. The van der Waals surface area contributed by atoms with Gasteiger partial charge in [0, 0.05) is 12.2 Å². The number of amides is 1. The molecule has 1 rings (SSSR count). The highest BCUT2D eigenvalue weighted by molar-refractivity contribution is 6.00. The summed E-state index contributed by atoms with van der Waals surface area (Å²) in [4.78, 5) is 12.3. The van der Waals surface area contributed by atoms with E-state index in [9.17, 15) is 15.0 Å². The van der Waals surface area contributed by atoms with Crippen LogP contribution in [0.5, 0.6) is 0 Å². The van der Waals surface area contributed by atoms with E-state index in [1.54, 1.807) is 12.1 Å². The minimum absolute atomic E-state index is 0.297. The molecule has 0 aliphatic heterocycles. The molecule has 0 bridgehead atoms. The summed E-state index contributed by atoms with van der Waals surface area (Å²) >= 11 is 0. The first-order valence-corrected chi connectivity index (χ1v) is 6.49. The number of anilines is 1. The lowest BCUT2D eigenvalue weighted by Crippen LogP contribution is -2.53.